The lowest BCUT2D eigenvalue weighted by molar-refractivity contribution is -0.137. The van der Waals surface area contributed by atoms with Gasteiger partial charge in [0, 0.05) is 24.3 Å². The van der Waals surface area contributed by atoms with Crippen molar-refractivity contribution >= 4 is 5.97 Å². The first-order valence-corrected chi connectivity index (χ1v) is 11.1. The molecule has 2 aromatic heterocycles. The number of tetrazole rings is 1. The molecule has 1 unspecified atom stereocenters. The van der Waals surface area contributed by atoms with Crippen LogP contribution in [0.5, 0.6) is 0 Å². The van der Waals surface area contributed by atoms with Crippen LogP contribution in [0.25, 0.3) is 22.5 Å². The molecule has 0 aliphatic heterocycles. The number of hydrogen-bond acceptors (Lipinski definition) is 6. The minimum Gasteiger partial charge on any atom is -0.481 e. The molecule has 0 spiro atoms. The minimum atomic E-state index is -0.794. The average molecular weight is 446 g/mol. The van der Waals surface area contributed by atoms with Gasteiger partial charge in [0.1, 0.15) is 5.82 Å². The molecule has 2 N–H and O–H groups in total. The quantitative estimate of drug-likeness (QED) is 0.377. The molecule has 0 saturated carbocycles. The highest BCUT2D eigenvalue weighted by Crippen LogP contribution is 2.30. The Morgan fingerprint density at radius 2 is 1.88 bits per heavy atom. The number of carboxylic acid groups (broad SMARTS) is 1. The molecule has 33 heavy (non-hydrogen) atoms. The molecule has 170 valence electrons. The minimum absolute atomic E-state index is 0.125. The third kappa shape index (κ3) is 5.31. The smallest absolute Gasteiger partial charge is 0.303 e. The van der Waals surface area contributed by atoms with E-state index in [0.29, 0.717) is 31.0 Å². The van der Waals surface area contributed by atoms with Crippen LogP contribution in [-0.2, 0) is 17.8 Å². The predicted molar refractivity (Wildman–Crippen MR) is 123 cm³/mol. The van der Waals surface area contributed by atoms with Crippen molar-refractivity contribution in [3.05, 3.63) is 65.7 Å². The SMILES string of the molecule is CCC(C)c1nc(CCCC(=O)O)nn1Cc1ccc(-c2ccccc2-c2nnn[nH]2)cc1. The number of rotatable bonds is 10. The van der Waals surface area contributed by atoms with E-state index in [1.165, 1.54) is 0 Å². The van der Waals surface area contributed by atoms with Crippen LogP contribution in [0.4, 0.5) is 0 Å². The number of aryl methyl sites for hydroxylation is 1. The molecular formula is C24H27N7O2. The van der Waals surface area contributed by atoms with Crippen molar-refractivity contribution < 1.29 is 9.90 Å². The van der Waals surface area contributed by atoms with Gasteiger partial charge in [0.2, 0.25) is 0 Å². The fourth-order valence-electron chi connectivity index (χ4n) is 3.75. The molecule has 4 aromatic rings. The van der Waals surface area contributed by atoms with Crippen molar-refractivity contribution in [2.24, 2.45) is 0 Å². The molecule has 9 heteroatoms. The Kier molecular flexibility index (Phi) is 6.87. The van der Waals surface area contributed by atoms with Gasteiger partial charge in [-0.15, -0.1) is 5.10 Å². The van der Waals surface area contributed by atoms with E-state index in [2.05, 4.69) is 69.9 Å². The maximum absolute atomic E-state index is 10.8. The van der Waals surface area contributed by atoms with Crippen molar-refractivity contribution in [3.63, 3.8) is 0 Å². The molecule has 2 heterocycles. The summed E-state index contributed by atoms with van der Waals surface area (Å²) in [5, 5.41) is 27.8. The maximum Gasteiger partial charge on any atom is 0.303 e. The highest BCUT2D eigenvalue weighted by molar-refractivity contribution is 5.80. The summed E-state index contributed by atoms with van der Waals surface area (Å²) in [5.41, 5.74) is 4.17. The first-order chi connectivity index (χ1) is 16.0. The summed E-state index contributed by atoms with van der Waals surface area (Å²) in [5.74, 6) is 1.75. The number of nitrogens with one attached hydrogen (secondary N) is 1. The third-order valence-corrected chi connectivity index (χ3v) is 5.71. The van der Waals surface area contributed by atoms with Crippen LogP contribution in [0.3, 0.4) is 0 Å². The molecule has 2 aromatic carbocycles. The fraction of sp³-hybridized carbons (Fsp3) is 0.333. The molecule has 0 fully saturated rings. The number of carboxylic acids is 1. The summed E-state index contributed by atoms with van der Waals surface area (Å²) in [7, 11) is 0. The Labute approximate surface area is 191 Å². The Bertz CT molecular complexity index is 1200. The monoisotopic (exact) mass is 445 g/mol. The second-order valence-electron chi connectivity index (χ2n) is 8.09. The van der Waals surface area contributed by atoms with Crippen LogP contribution < -0.4 is 0 Å². The van der Waals surface area contributed by atoms with E-state index in [1.807, 2.05) is 22.9 Å². The Balaban J connectivity index is 1.55. The zero-order valence-electron chi connectivity index (χ0n) is 18.8. The lowest BCUT2D eigenvalue weighted by atomic mass is 9.98. The summed E-state index contributed by atoms with van der Waals surface area (Å²) in [6.45, 7) is 4.88. The van der Waals surface area contributed by atoms with Crippen LogP contribution >= 0.6 is 0 Å². The van der Waals surface area contributed by atoms with E-state index >= 15 is 0 Å². The highest BCUT2D eigenvalue weighted by atomic mass is 16.4. The van der Waals surface area contributed by atoms with Crippen LogP contribution in [0.1, 0.15) is 56.2 Å². The third-order valence-electron chi connectivity index (χ3n) is 5.71. The molecule has 0 radical (unpaired) electrons. The van der Waals surface area contributed by atoms with Crippen molar-refractivity contribution in [1.29, 1.82) is 0 Å². The number of aromatic amines is 1. The molecule has 0 aliphatic rings. The van der Waals surface area contributed by atoms with Gasteiger partial charge in [-0.05, 0) is 40.0 Å². The Hall–Kier alpha value is -3.88. The van der Waals surface area contributed by atoms with Crippen molar-refractivity contribution in [2.45, 2.75) is 52.0 Å². The largest absolute Gasteiger partial charge is 0.481 e. The molecule has 0 saturated heterocycles. The van der Waals surface area contributed by atoms with Gasteiger partial charge in [-0.1, -0.05) is 62.4 Å². The van der Waals surface area contributed by atoms with Gasteiger partial charge in [-0.25, -0.2) is 14.8 Å². The highest BCUT2D eigenvalue weighted by Gasteiger charge is 2.16. The van der Waals surface area contributed by atoms with E-state index in [4.69, 9.17) is 10.1 Å². The maximum atomic E-state index is 10.8. The molecule has 1 atom stereocenters. The summed E-state index contributed by atoms with van der Waals surface area (Å²) in [6, 6.07) is 16.4. The van der Waals surface area contributed by atoms with Crippen molar-refractivity contribution in [2.75, 3.05) is 0 Å². The number of hydrogen-bond donors (Lipinski definition) is 2. The summed E-state index contributed by atoms with van der Waals surface area (Å²) in [4.78, 5) is 15.5. The number of H-pyrrole nitrogens is 1. The lowest BCUT2D eigenvalue weighted by Crippen LogP contribution is -2.09. The topological polar surface area (TPSA) is 122 Å². The Morgan fingerprint density at radius 3 is 2.55 bits per heavy atom. The van der Waals surface area contributed by atoms with Crippen LogP contribution in [-0.4, -0.2) is 46.5 Å². The molecule has 0 aliphatic carbocycles. The average Bonchev–Trinajstić information content (AvgIpc) is 3.49. The van der Waals surface area contributed by atoms with Crippen molar-refractivity contribution in [3.8, 4) is 22.5 Å². The van der Waals surface area contributed by atoms with Gasteiger partial charge in [0.05, 0.1) is 6.54 Å². The second kappa shape index (κ2) is 10.2. The van der Waals surface area contributed by atoms with E-state index in [-0.39, 0.29) is 12.3 Å². The lowest BCUT2D eigenvalue weighted by Gasteiger charge is -2.12. The second-order valence-corrected chi connectivity index (χ2v) is 8.09. The van der Waals surface area contributed by atoms with Crippen molar-refractivity contribution in [1.82, 2.24) is 35.4 Å². The summed E-state index contributed by atoms with van der Waals surface area (Å²) >= 11 is 0. The zero-order valence-corrected chi connectivity index (χ0v) is 18.8. The number of aliphatic carboxylic acids is 1. The predicted octanol–water partition coefficient (Wildman–Crippen LogP) is 4.09. The molecule has 0 amide bonds. The normalized spacial score (nSPS) is 12.1. The first-order valence-electron chi connectivity index (χ1n) is 11.1. The number of benzene rings is 2. The number of nitrogens with zero attached hydrogens (tertiary/aromatic N) is 6. The van der Waals surface area contributed by atoms with Gasteiger partial charge >= 0.3 is 5.97 Å². The van der Waals surface area contributed by atoms with Gasteiger partial charge in [0.15, 0.2) is 11.6 Å². The number of aromatic nitrogens is 7. The molecule has 9 nitrogen and oxygen atoms in total. The number of carbonyl (C=O) groups is 1. The molecule has 0 bridgehead atoms. The fourth-order valence-corrected chi connectivity index (χ4v) is 3.75. The van der Waals surface area contributed by atoms with E-state index in [0.717, 1.165) is 34.5 Å². The van der Waals surface area contributed by atoms with E-state index < -0.39 is 5.97 Å². The van der Waals surface area contributed by atoms with Gasteiger partial charge in [-0.2, -0.15) is 5.10 Å². The van der Waals surface area contributed by atoms with Gasteiger partial charge in [0.25, 0.3) is 0 Å². The first kappa shape index (κ1) is 22.3. The van der Waals surface area contributed by atoms with Crippen LogP contribution in [0.15, 0.2) is 48.5 Å². The zero-order chi connectivity index (χ0) is 23.2. The Morgan fingerprint density at radius 1 is 1.12 bits per heavy atom. The summed E-state index contributed by atoms with van der Waals surface area (Å²) in [6.07, 6.45) is 2.18. The van der Waals surface area contributed by atoms with Gasteiger partial charge < -0.3 is 5.11 Å². The standard InChI is InChI=1S/C24H27N7O2/c1-3-16(2)24-25-21(9-6-10-22(32)33)28-31(24)15-17-11-13-18(14-12-17)19-7-4-5-8-20(19)23-26-29-30-27-23/h4-5,7-8,11-14,16H,3,6,9-10,15H2,1-2H3,(H,32,33)(H,26,27,29,30). The summed E-state index contributed by atoms with van der Waals surface area (Å²) < 4.78 is 1.95. The van der Waals surface area contributed by atoms with Crippen LogP contribution in [0, 0.1) is 0 Å². The molecular weight excluding hydrogens is 418 g/mol. The van der Waals surface area contributed by atoms with Crippen LogP contribution in [0.2, 0.25) is 0 Å². The molecule has 4 rings (SSSR count). The van der Waals surface area contributed by atoms with Gasteiger partial charge in [-0.3, -0.25) is 4.79 Å². The van der Waals surface area contributed by atoms with E-state index in [1.54, 1.807) is 0 Å². The van der Waals surface area contributed by atoms with E-state index in [9.17, 15) is 4.79 Å².